The number of benzene rings is 2. The van der Waals surface area contributed by atoms with Gasteiger partial charge in [0.1, 0.15) is 18.7 Å². The Hall–Kier alpha value is -3.59. The molecule has 0 aliphatic carbocycles. The van der Waals surface area contributed by atoms with Crippen molar-refractivity contribution in [3.05, 3.63) is 71.0 Å². The molecular formula is C20H19N7OS. The predicted octanol–water partition coefficient (Wildman–Crippen LogP) is 3.44. The van der Waals surface area contributed by atoms with Gasteiger partial charge in [-0.05, 0) is 50.3 Å². The number of carbonyl (C=O) groups is 1. The molecule has 4 rings (SSSR count). The van der Waals surface area contributed by atoms with Crippen LogP contribution in [0.1, 0.15) is 11.4 Å². The first-order valence-corrected chi connectivity index (χ1v) is 9.41. The highest BCUT2D eigenvalue weighted by Crippen LogP contribution is 2.19. The van der Waals surface area contributed by atoms with Crippen molar-refractivity contribution in [3.63, 3.8) is 0 Å². The third-order valence-electron chi connectivity index (χ3n) is 4.46. The van der Waals surface area contributed by atoms with E-state index in [1.54, 1.807) is 10.9 Å². The first kappa shape index (κ1) is 18.8. The van der Waals surface area contributed by atoms with E-state index < -0.39 is 0 Å². The number of nitrogens with zero attached hydrogens (tertiary/aromatic N) is 5. The second-order valence-electron chi connectivity index (χ2n) is 6.65. The summed E-state index contributed by atoms with van der Waals surface area (Å²) in [7, 11) is 0. The predicted molar refractivity (Wildman–Crippen MR) is 112 cm³/mol. The van der Waals surface area contributed by atoms with Gasteiger partial charge < -0.3 is 5.32 Å². The summed E-state index contributed by atoms with van der Waals surface area (Å²) in [6.07, 6.45) is 1.63. The zero-order valence-corrected chi connectivity index (χ0v) is 16.8. The van der Waals surface area contributed by atoms with Gasteiger partial charge in [-0.1, -0.05) is 29.8 Å². The van der Waals surface area contributed by atoms with Crippen LogP contribution in [0.4, 0.5) is 5.69 Å². The molecule has 1 amide bonds. The SMILES string of the molecule is Cc1cccc(-c2n[nH]c(=S)n2CC(=O)Nc2cccc(-n3cnnc3C)c2)c1. The maximum Gasteiger partial charge on any atom is 0.244 e. The van der Waals surface area contributed by atoms with E-state index >= 15 is 0 Å². The summed E-state index contributed by atoms with van der Waals surface area (Å²) in [6, 6.07) is 15.4. The first-order chi connectivity index (χ1) is 14.0. The normalized spacial score (nSPS) is 10.8. The highest BCUT2D eigenvalue weighted by Gasteiger charge is 2.13. The Morgan fingerprint density at radius 1 is 1.17 bits per heavy atom. The second-order valence-corrected chi connectivity index (χ2v) is 7.04. The van der Waals surface area contributed by atoms with Crippen molar-refractivity contribution < 1.29 is 4.79 Å². The summed E-state index contributed by atoms with van der Waals surface area (Å²) >= 11 is 5.33. The Morgan fingerprint density at radius 3 is 2.76 bits per heavy atom. The van der Waals surface area contributed by atoms with Crippen LogP contribution in [0.3, 0.4) is 0 Å². The summed E-state index contributed by atoms with van der Waals surface area (Å²) in [6.45, 7) is 3.92. The Kier molecular flexibility index (Phi) is 5.05. The molecule has 0 fully saturated rings. The van der Waals surface area contributed by atoms with E-state index in [0.717, 1.165) is 22.6 Å². The van der Waals surface area contributed by atoms with Gasteiger partial charge in [0.15, 0.2) is 10.6 Å². The summed E-state index contributed by atoms with van der Waals surface area (Å²) in [5, 5.41) is 17.9. The monoisotopic (exact) mass is 405 g/mol. The van der Waals surface area contributed by atoms with Crippen LogP contribution in [0.25, 0.3) is 17.1 Å². The average Bonchev–Trinajstić information content (AvgIpc) is 3.28. The largest absolute Gasteiger partial charge is 0.324 e. The number of nitrogens with one attached hydrogen (secondary N) is 2. The van der Waals surface area contributed by atoms with Crippen molar-refractivity contribution >= 4 is 23.8 Å². The van der Waals surface area contributed by atoms with Gasteiger partial charge in [0.2, 0.25) is 5.91 Å². The van der Waals surface area contributed by atoms with Gasteiger partial charge >= 0.3 is 0 Å². The third kappa shape index (κ3) is 3.99. The molecule has 0 aliphatic heterocycles. The number of aromatic amines is 1. The van der Waals surface area contributed by atoms with E-state index in [0.29, 0.717) is 16.3 Å². The van der Waals surface area contributed by atoms with E-state index in [-0.39, 0.29) is 12.5 Å². The lowest BCUT2D eigenvalue weighted by Crippen LogP contribution is -2.19. The van der Waals surface area contributed by atoms with Crippen molar-refractivity contribution in [2.75, 3.05) is 5.32 Å². The number of H-pyrrole nitrogens is 1. The molecule has 0 aliphatic rings. The standard InChI is InChI=1S/C20H19N7OS/c1-13-5-3-6-15(9-13)19-24-25-20(29)26(19)11-18(28)22-16-7-4-8-17(10-16)27-12-21-23-14(27)2/h3-10,12H,11H2,1-2H3,(H,22,28)(H,25,29). The molecule has 0 atom stereocenters. The molecular weight excluding hydrogens is 386 g/mol. The van der Waals surface area contributed by atoms with E-state index in [1.165, 1.54) is 0 Å². The summed E-state index contributed by atoms with van der Waals surface area (Å²) in [4.78, 5) is 12.7. The number of hydrogen-bond acceptors (Lipinski definition) is 5. The molecule has 0 unspecified atom stereocenters. The molecule has 9 heteroatoms. The van der Waals surface area contributed by atoms with Gasteiger partial charge in [-0.2, -0.15) is 5.10 Å². The van der Waals surface area contributed by atoms with Gasteiger partial charge in [0, 0.05) is 11.3 Å². The fourth-order valence-electron chi connectivity index (χ4n) is 3.09. The number of hydrogen-bond donors (Lipinski definition) is 2. The lowest BCUT2D eigenvalue weighted by atomic mass is 10.1. The van der Waals surface area contributed by atoms with E-state index in [4.69, 9.17) is 12.2 Å². The van der Waals surface area contributed by atoms with Crippen LogP contribution in [0.5, 0.6) is 0 Å². The number of anilines is 1. The Morgan fingerprint density at radius 2 is 2.00 bits per heavy atom. The Labute approximate surface area is 172 Å². The van der Waals surface area contributed by atoms with E-state index in [9.17, 15) is 4.79 Å². The van der Waals surface area contributed by atoms with Crippen LogP contribution < -0.4 is 5.32 Å². The van der Waals surface area contributed by atoms with Crippen molar-refractivity contribution in [2.24, 2.45) is 0 Å². The van der Waals surface area contributed by atoms with Crippen LogP contribution in [-0.2, 0) is 11.3 Å². The van der Waals surface area contributed by atoms with Crippen LogP contribution in [0.2, 0.25) is 0 Å². The molecule has 2 aromatic heterocycles. The van der Waals surface area contributed by atoms with Crippen LogP contribution in [-0.4, -0.2) is 35.4 Å². The number of aromatic nitrogens is 6. The van der Waals surface area contributed by atoms with Crippen LogP contribution in [0.15, 0.2) is 54.9 Å². The van der Waals surface area contributed by atoms with Gasteiger partial charge in [-0.3, -0.25) is 19.0 Å². The molecule has 2 N–H and O–H groups in total. The fourth-order valence-corrected chi connectivity index (χ4v) is 3.29. The van der Waals surface area contributed by atoms with Gasteiger partial charge in [0.25, 0.3) is 0 Å². The van der Waals surface area contributed by atoms with Crippen LogP contribution >= 0.6 is 12.2 Å². The number of amides is 1. The average molecular weight is 405 g/mol. The molecule has 0 spiro atoms. The quantitative estimate of drug-likeness (QED) is 0.496. The minimum Gasteiger partial charge on any atom is -0.324 e. The van der Waals surface area contributed by atoms with Gasteiger partial charge in [-0.15, -0.1) is 10.2 Å². The maximum atomic E-state index is 12.7. The van der Waals surface area contributed by atoms with E-state index in [1.807, 2.05) is 66.9 Å². The van der Waals surface area contributed by atoms with Gasteiger partial charge in [0.05, 0.1) is 5.69 Å². The number of aryl methyl sites for hydroxylation is 2. The fraction of sp³-hybridized carbons (Fsp3) is 0.150. The molecule has 2 heterocycles. The number of carbonyl (C=O) groups excluding carboxylic acids is 1. The minimum absolute atomic E-state index is 0.0501. The molecule has 0 bridgehead atoms. The molecule has 0 saturated heterocycles. The smallest absolute Gasteiger partial charge is 0.244 e. The first-order valence-electron chi connectivity index (χ1n) is 9.00. The second kappa shape index (κ2) is 7.80. The van der Waals surface area contributed by atoms with Gasteiger partial charge in [-0.25, -0.2) is 0 Å². The Balaban J connectivity index is 1.55. The van der Waals surface area contributed by atoms with Crippen molar-refractivity contribution in [1.29, 1.82) is 0 Å². The maximum absolute atomic E-state index is 12.7. The van der Waals surface area contributed by atoms with Crippen molar-refractivity contribution in [3.8, 4) is 17.1 Å². The zero-order valence-electron chi connectivity index (χ0n) is 16.0. The lowest BCUT2D eigenvalue weighted by Gasteiger charge is -2.10. The van der Waals surface area contributed by atoms with Crippen LogP contribution in [0, 0.1) is 18.6 Å². The number of rotatable bonds is 5. The molecule has 29 heavy (non-hydrogen) atoms. The molecule has 4 aromatic rings. The Bertz CT molecular complexity index is 1240. The summed E-state index contributed by atoms with van der Waals surface area (Å²) in [5.74, 6) is 1.19. The third-order valence-corrected chi connectivity index (χ3v) is 4.77. The summed E-state index contributed by atoms with van der Waals surface area (Å²) < 4.78 is 3.93. The molecule has 146 valence electrons. The molecule has 0 radical (unpaired) electrons. The lowest BCUT2D eigenvalue weighted by molar-refractivity contribution is -0.116. The summed E-state index contributed by atoms with van der Waals surface area (Å²) in [5.41, 5.74) is 3.54. The van der Waals surface area contributed by atoms with Crippen molar-refractivity contribution in [2.45, 2.75) is 20.4 Å². The minimum atomic E-state index is -0.200. The van der Waals surface area contributed by atoms with Crippen molar-refractivity contribution in [1.82, 2.24) is 29.5 Å². The topological polar surface area (TPSA) is 93.4 Å². The molecule has 2 aromatic carbocycles. The zero-order chi connectivity index (χ0) is 20.4. The van der Waals surface area contributed by atoms with E-state index in [2.05, 4.69) is 25.7 Å². The highest BCUT2D eigenvalue weighted by atomic mass is 32.1. The highest BCUT2D eigenvalue weighted by molar-refractivity contribution is 7.71. The molecule has 8 nitrogen and oxygen atoms in total. The molecule has 0 saturated carbocycles.